The van der Waals surface area contributed by atoms with Crippen molar-refractivity contribution in [3.8, 4) is 5.75 Å². The molecule has 0 radical (unpaired) electrons. The number of nitrogens with one attached hydrogen (secondary N) is 2. The first-order chi connectivity index (χ1) is 11.1. The van der Waals surface area contributed by atoms with E-state index in [1.807, 2.05) is 24.3 Å². The Labute approximate surface area is 134 Å². The number of ether oxygens (including phenoxy) is 1. The molecule has 1 saturated heterocycles. The zero-order valence-electron chi connectivity index (χ0n) is 13.4. The molecule has 2 N–H and O–H groups in total. The smallest absolute Gasteiger partial charge is 0.270 e. The molecule has 3 rings (SSSR count). The van der Waals surface area contributed by atoms with E-state index in [4.69, 9.17) is 4.74 Å². The Morgan fingerprint density at radius 2 is 2.13 bits per heavy atom. The first-order valence-electron chi connectivity index (χ1n) is 7.83. The molecule has 0 spiro atoms. The number of H-pyrrole nitrogens is 1. The summed E-state index contributed by atoms with van der Waals surface area (Å²) in [4.78, 5) is 29.7. The highest BCUT2D eigenvalue weighted by atomic mass is 16.5. The fraction of sp³-hybridized carbons (Fsp3) is 0.412. The van der Waals surface area contributed by atoms with Crippen molar-refractivity contribution < 1.29 is 14.3 Å². The van der Waals surface area contributed by atoms with Crippen molar-refractivity contribution in [1.82, 2.24) is 15.2 Å². The summed E-state index contributed by atoms with van der Waals surface area (Å²) < 4.78 is 5.20. The number of aromatic nitrogens is 1. The number of rotatable bonds is 3. The van der Waals surface area contributed by atoms with E-state index in [2.05, 4.69) is 10.3 Å². The van der Waals surface area contributed by atoms with Crippen molar-refractivity contribution in [3.63, 3.8) is 0 Å². The van der Waals surface area contributed by atoms with Crippen LogP contribution in [-0.2, 0) is 4.79 Å². The molecule has 0 bridgehead atoms. The number of nitrogens with zero attached hydrogens (tertiary/aromatic N) is 1. The van der Waals surface area contributed by atoms with E-state index in [0.717, 1.165) is 29.5 Å². The summed E-state index contributed by atoms with van der Waals surface area (Å²) in [6.45, 7) is 0.607. The van der Waals surface area contributed by atoms with E-state index in [0.29, 0.717) is 18.7 Å². The van der Waals surface area contributed by atoms with Crippen molar-refractivity contribution in [2.24, 2.45) is 0 Å². The average Bonchev–Trinajstić information content (AvgIpc) is 3.03. The normalized spacial score (nSPS) is 18.0. The fourth-order valence-corrected chi connectivity index (χ4v) is 3.12. The van der Waals surface area contributed by atoms with E-state index in [1.165, 1.54) is 0 Å². The number of likely N-dealkylation sites (tertiary alicyclic amines) is 1. The first kappa shape index (κ1) is 15.4. The number of piperidine rings is 1. The molecule has 6 heteroatoms. The number of aromatic amines is 1. The second kappa shape index (κ2) is 6.32. The van der Waals surface area contributed by atoms with Crippen LogP contribution in [0.25, 0.3) is 10.9 Å². The third kappa shape index (κ3) is 2.88. The minimum Gasteiger partial charge on any atom is -0.497 e. The van der Waals surface area contributed by atoms with Gasteiger partial charge in [0.2, 0.25) is 5.91 Å². The van der Waals surface area contributed by atoms with Crippen molar-refractivity contribution in [3.05, 3.63) is 30.0 Å². The molecule has 1 aliphatic rings. The maximum Gasteiger partial charge on any atom is 0.270 e. The van der Waals surface area contributed by atoms with Gasteiger partial charge in [-0.15, -0.1) is 0 Å². The zero-order valence-corrected chi connectivity index (χ0v) is 13.4. The zero-order chi connectivity index (χ0) is 16.4. The lowest BCUT2D eigenvalue weighted by molar-refractivity contribution is -0.126. The van der Waals surface area contributed by atoms with Crippen LogP contribution >= 0.6 is 0 Å². The third-order valence-corrected chi connectivity index (χ3v) is 4.37. The highest BCUT2D eigenvalue weighted by molar-refractivity contribution is 6.00. The molecule has 1 aromatic heterocycles. The van der Waals surface area contributed by atoms with Crippen LogP contribution in [0.15, 0.2) is 24.3 Å². The lowest BCUT2D eigenvalue weighted by Crippen LogP contribution is -2.51. The van der Waals surface area contributed by atoms with Gasteiger partial charge in [0.25, 0.3) is 5.91 Å². The number of hydrogen-bond acceptors (Lipinski definition) is 3. The number of amides is 2. The number of fused-ring (bicyclic) bond motifs is 1. The summed E-state index contributed by atoms with van der Waals surface area (Å²) in [7, 11) is 3.21. The molecule has 2 heterocycles. The van der Waals surface area contributed by atoms with Crippen molar-refractivity contribution in [2.75, 3.05) is 20.7 Å². The minimum atomic E-state index is -0.387. The summed E-state index contributed by atoms with van der Waals surface area (Å²) in [6.07, 6.45) is 2.60. The second-order valence-corrected chi connectivity index (χ2v) is 5.76. The van der Waals surface area contributed by atoms with Gasteiger partial charge in [-0.1, -0.05) is 0 Å². The van der Waals surface area contributed by atoms with Crippen LogP contribution in [-0.4, -0.2) is 48.4 Å². The fourth-order valence-electron chi connectivity index (χ4n) is 3.12. The Bertz CT molecular complexity index is 738. The summed E-state index contributed by atoms with van der Waals surface area (Å²) in [5.74, 6) is 0.504. The Hall–Kier alpha value is -2.50. The quantitative estimate of drug-likeness (QED) is 0.908. The van der Waals surface area contributed by atoms with Crippen LogP contribution in [0.1, 0.15) is 29.8 Å². The van der Waals surface area contributed by atoms with E-state index >= 15 is 0 Å². The summed E-state index contributed by atoms with van der Waals surface area (Å²) in [5.41, 5.74) is 1.35. The van der Waals surface area contributed by atoms with Gasteiger partial charge in [0.1, 0.15) is 17.5 Å². The van der Waals surface area contributed by atoms with Gasteiger partial charge < -0.3 is 19.9 Å². The van der Waals surface area contributed by atoms with Gasteiger partial charge in [-0.3, -0.25) is 9.59 Å². The van der Waals surface area contributed by atoms with Gasteiger partial charge in [0.05, 0.1) is 7.11 Å². The highest BCUT2D eigenvalue weighted by Gasteiger charge is 2.32. The standard InChI is InChI=1S/C17H21N3O3/c1-18-16(21)15-5-3-4-8-20(15)17(22)14-9-11-6-7-12(23-2)10-13(11)19-14/h6-7,9-10,15,19H,3-5,8H2,1-2H3,(H,18,21)/t15-/m1/s1. The van der Waals surface area contributed by atoms with Crippen LogP contribution < -0.4 is 10.1 Å². The molecule has 1 aromatic carbocycles. The number of carbonyl (C=O) groups excluding carboxylic acids is 2. The lowest BCUT2D eigenvalue weighted by atomic mass is 10.0. The van der Waals surface area contributed by atoms with E-state index in [1.54, 1.807) is 19.1 Å². The van der Waals surface area contributed by atoms with Crippen LogP contribution in [0.2, 0.25) is 0 Å². The van der Waals surface area contributed by atoms with Gasteiger partial charge in [0.15, 0.2) is 0 Å². The van der Waals surface area contributed by atoms with Crippen LogP contribution in [0.5, 0.6) is 5.75 Å². The molecular weight excluding hydrogens is 294 g/mol. The monoisotopic (exact) mass is 315 g/mol. The number of likely N-dealkylation sites (N-methyl/N-ethyl adjacent to an activating group) is 1. The average molecular weight is 315 g/mol. The lowest BCUT2D eigenvalue weighted by Gasteiger charge is -2.34. The van der Waals surface area contributed by atoms with Crippen molar-refractivity contribution in [1.29, 1.82) is 0 Å². The molecular formula is C17H21N3O3. The first-order valence-corrected chi connectivity index (χ1v) is 7.83. The molecule has 122 valence electrons. The SMILES string of the molecule is CNC(=O)[C@H]1CCCCN1C(=O)c1cc2ccc(OC)cc2[nH]1. The summed E-state index contributed by atoms with van der Waals surface area (Å²) >= 11 is 0. The largest absolute Gasteiger partial charge is 0.497 e. The van der Waals surface area contributed by atoms with Crippen molar-refractivity contribution >= 4 is 22.7 Å². The number of methoxy groups -OCH3 is 1. The molecule has 0 aliphatic carbocycles. The maximum atomic E-state index is 12.8. The molecule has 0 unspecified atom stereocenters. The van der Waals surface area contributed by atoms with Gasteiger partial charge in [-0.25, -0.2) is 0 Å². The topological polar surface area (TPSA) is 74.4 Å². The van der Waals surface area contributed by atoms with Crippen molar-refractivity contribution in [2.45, 2.75) is 25.3 Å². The number of hydrogen-bond donors (Lipinski definition) is 2. The Morgan fingerprint density at radius 3 is 2.87 bits per heavy atom. The Morgan fingerprint density at radius 1 is 1.30 bits per heavy atom. The summed E-state index contributed by atoms with van der Waals surface area (Å²) in [6, 6.07) is 7.07. The predicted octanol–water partition coefficient (Wildman–Crippen LogP) is 1.92. The Kier molecular flexibility index (Phi) is 4.23. The third-order valence-electron chi connectivity index (χ3n) is 4.37. The van der Waals surface area contributed by atoms with E-state index < -0.39 is 0 Å². The highest BCUT2D eigenvalue weighted by Crippen LogP contribution is 2.24. The molecule has 2 amide bonds. The molecule has 23 heavy (non-hydrogen) atoms. The Balaban J connectivity index is 1.90. The van der Waals surface area contributed by atoms with Gasteiger partial charge in [0, 0.05) is 30.6 Å². The molecule has 0 saturated carbocycles. The maximum absolute atomic E-state index is 12.8. The molecule has 1 aliphatic heterocycles. The number of carbonyl (C=O) groups is 2. The van der Waals surface area contributed by atoms with E-state index in [9.17, 15) is 9.59 Å². The van der Waals surface area contributed by atoms with E-state index in [-0.39, 0.29) is 17.9 Å². The molecule has 2 aromatic rings. The second-order valence-electron chi connectivity index (χ2n) is 5.76. The van der Waals surface area contributed by atoms with Gasteiger partial charge in [-0.2, -0.15) is 0 Å². The minimum absolute atomic E-state index is 0.101. The van der Waals surface area contributed by atoms with Crippen LogP contribution in [0, 0.1) is 0 Å². The molecule has 1 atom stereocenters. The van der Waals surface area contributed by atoms with Gasteiger partial charge >= 0.3 is 0 Å². The van der Waals surface area contributed by atoms with Crippen LogP contribution in [0.4, 0.5) is 0 Å². The molecule has 6 nitrogen and oxygen atoms in total. The predicted molar refractivity (Wildman–Crippen MR) is 87.6 cm³/mol. The number of benzene rings is 1. The van der Waals surface area contributed by atoms with Crippen LogP contribution in [0.3, 0.4) is 0 Å². The molecule has 1 fully saturated rings. The van der Waals surface area contributed by atoms with Gasteiger partial charge in [-0.05, 0) is 37.5 Å². The summed E-state index contributed by atoms with van der Waals surface area (Å²) in [5, 5.41) is 3.60.